The summed E-state index contributed by atoms with van der Waals surface area (Å²) in [5, 5.41) is 9.12. The fourth-order valence-corrected chi connectivity index (χ4v) is 4.54. The molecular formula is C22H45KO4S. The summed E-state index contributed by atoms with van der Waals surface area (Å²) in [7, 11) is -4.15. The fraction of sp³-hybridized carbons (Fsp3) is 1.00. The zero-order valence-corrected chi connectivity index (χ0v) is 22.9. The molecule has 0 fully saturated rings. The van der Waals surface area contributed by atoms with Crippen LogP contribution < -0.4 is 51.4 Å². The Morgan fingerprint density at radius 1 is 0.643 bits per heavy atom. The Morgan fingerprint density at radius 2 is 1.00 bits per heavy atom. The van der Waals surface area contributed by atoms with Gasteiger partial charge in [-0.2, -0.15) is 0 Å². The maximum atomic E-state index is 11.4. The standard InChI is InChI=1S/C22H46O4S.K/c1-3-5-7-11-15-19-22(27(24,25)26)20-16-13-10-8-9-12-14-18-21(23)17-6-4-2;/h21-23H,3-20H2,1-2H3,(H,24,25,26);/q;+1/p-1. The number of rotatable bonds is 20. The zero-order valence-electron chi connectivity index (χ0n) is 19.0. The van der Waals surface area contributed by atoms with Crippen molar-refractivity contribution in [3.05, 3.63) is 0 Å². The van der Waals surface area contributed by atoms with Crippen LogP contribution in [0.5, 0.6) is 0 Å². The Bertz CT molecular complexity index is 415. The van der Waals surface area contributed by atoms with E-state index in [0.29, 0.717) is 12.8 Å². The van der Waals surface area contributed by atoms with Gasteiger partial charge in [0.2, 0.25) is 0 Å². The van der Waals surface area contributed by atoms with Gasteiger partial charge in [0.05, 0.1) is 16.2 Å². The number of unbranched alkanes of at least 4 members (excludes halogenated alkanes) is 11. The van der Waals surface area contributed by atoms with Gasteiger partial charge in [0.15, 0.2) is 0 Å². The van der Waals surface area contributed by atoms with E-state index in [1.165, 1.54) is 25.7 Å². The first kappa shape index (κ1) is 31.7. The van der Waals surface area contributed by atoms with E-state index in [1.54, 1.807) is 0 Å². The summed E-state index contributed by atoms with van der Waals surface area (Å²) in [5.41, 5.74) is 0. The van der Waals surface area contributed by atoms with Crippen molar-refractivity contribution in [3.8, 4) is 0 Å². The molecule has 28 heavy (non-hydrogen) atoms. The van der Waals surface area contributed by atoms with Gasteiger partial charge in [0.25, 0.3) is 0 Å². The number of hydrogen-bond acceptors (Lipinski definition) is 4. The average Bonchev–Trinajstić information content (AvgIpc) is 2.62. The zero-order chi connectivity index (χ0) is 20.4. The summed E-state index contributed by atoms with van der Waals surface area (Å²) in [6, 6.07) is 0. The van der Waals surface area contributed by atoms with Crippen LogP contribution in [-0.2, 0) is 10.1 Å². The molecule has 0 aliphatic rings. The molecule has 6 heteroatoms. The Hall–Kier alpha value is 1.51. The SMILES string of the molecule is CCCCCCCC(CCCCCCCCCC(O)CCCC)S(=O)(=O)[O-].[K+]. The molecule has 1 N–H and O–H groups in total. The monoisotopic (exact) mass is 444 g/mol. The Morgan fingerprint density at radius 3 is 1.43 bits per heavy atom. The first-order valence-corrected chi connectivity index (χ1v) is 13.0. The van der Waals surface area contributed by atoms with E-state index in [-0.39, 0.29) is 57.5 Å². The van der Waals surface area contributed by atoms with Crippen molar-refractivity contribution in [2.75, 3.05) is 0 Å². The Balaban J connectivity index is 0. The van der Waals surface area contributed by atoms with Crippen molar-refractivity contribution >= 4 is 10.1 Å². The molecule has 0 amide bonds. The first-order valence-electron chi connectivity index (χ1n) is 11.5. The van der Waals surface area contributed by atoms with Crippen molar-refractivity contribution in [2.24, 2.45) is 0 Å². The topological polar surface area (TPSA) is 77.4 Å². The molecule has 0 aromatic carbocycles. The normalized spacial score (nSPS) is 13.9. The van der Waals surface area contributed by atoms with Crippen LogP contribution in [0.15, 0.2) is 0 Å². The third-order valence-corrected chi connectivity index (χ3v) is 6.78. The smallest absolute Gasteiger partial charge is 0.748 e. The molecule has 0 saturated carbocycles. The van der Waals surface area contributed by atoms with Gasteiger partial charge in [-0.05, 0) is 25.7 Å². The molecule has 0 radical (unpaired) electrons. The minimum absolute atomic E-state index is 0. The van der Waals surface area contributed by atoms with Gasteiger partial charge in [-0.15, -0.1) is 0 Å². The van der Waals surface area contributed by atoms with E-state index in [1.807, 2.05) is 0 Å². The second-order valence-corrected chi connectivity index (χ2v) is 9.82. The third kappa shape index (κ3) is 20.8. The van der Waals surface area contributed by atoms with Crippen molar-refractivity contribution in [2.45, 2.75) is 141 Å². The third-order valence-electron chi connectivity index (χ3n) is 5.49. The Kier molecular flexibility index (Phi) is 24.6. The molecule has 0 spiro atoms. The van der Waals surface area contributed by atoms with Crippen LogP contribution >= 0.6 is 0 Å². The van der Waals surface area contributed by atoms with Gasteiger partial charge in [-0.25, -0.2) is 8.42 Å². The van der Waals surface area contributed by atoms with E-state index in [2.05, 4.69) is 13.8 Å². The quantitative estimate of drug-likeness (QED) is 0.177. The van der Waals surface area contributed by atoms with Crippen LogP contribution in [0.3, 0.4) is 0 Å². The van der Waals surface area contributed by atoms with Crippen LogP contribution in [-0.4, -0.2) is 29.4 Å². The number of hydrogen-bond donors (Lipinski definition) is 1. The van der Waals surface area contributed by atoms with Crippen molar-refractivity contribution in [1.82, 2.24) is 0 Å². The van der Waals surface area contributed by atoms with Gasteiger partial charge in [0.1, 0.15) is 0 Å². The van der Waals surface area contributed by atoms with Crippen LogP contribution in [0.25, 0.3) is 0 Å². The minimum atomic E-state index is -4.15. The molecule has 0 aromatic rings. The molecule has 2 atom stereocenters. The van der Waals surface area contributed by atoms with E-state index in [4.69, 9.17) is 0 Å². The predicted octanol–water partition coefficient (Wildman–Crippen LogP) is 3.33. The van der Waals surface area contributed by atoms with E-state index >= 15 is 0 Å². The van der Waals surface area contributed by atoms with Gasteiger partial charge in [-0.1, -0.05) is 104 Å². The molecule has 164 valence electrons. The van der Waals surface area contributed by atoms with Gasteiger partial charge < -0.3 is 9.66 Å². The van der Waals surface area contributed by atoms with Crippen LogP contribution in [0.4, 0.5) is 0 Å². The molecular weight excluding hydrogens is 399 g/mol. The maximum absolute atomic E-state index is 11.4. The molecule has 0 heterocycles. The molecule has 0 aromatic heterocycles. The fourth-order valence-electron chi connectivity index (χ4n) is 3.63. The van der Waals surface area contributed by atoms with E-state index in [0.717, 1.165) is 77.0 Å². The van der Waals surface area contributed by atoms with Gasteiger partial charge >= 0.3 is 51.4 Å². The molecule has 0 aliphatic carbocycles. The second-order valence-electron chi connectivity index (χ2n) is 8.17. The summed E-state index contributed by atoms with van der Waals surface area (Å²) < 4.78 is 34.3. The molecule has 0 aliphatic heterocycles. The van der Waals surface area contributed by atoms with Crippen LogP contribution in [0.2, 0.25) is 0 Å². The van der Waals surface area contributed by atoms with Crippen molar-refractivity contribution < 1.29 is 69.5 Å². The van der Waals surface area contributed by atoms with Crippen LogP contribution in [0.1, 0.15) is 129 Å². The van der Waals surface area contributed by atoms with Crippen molar-refractivity contribution in [1.29, 1.82) is 0 Å². The molecule has 4 nitrogen and oxygen atoms in total. The summed E-state index contributed by atoms with van der Waals surface area (Å²) >= 11 is 0. The molecule has 2 unspecified atom stereocenters. The molecule has 0 rings (SSSR count). The Labute approximate surface area is 218 Å². The predicted molar refractivity (Wildman–Crippen MR) is 114 cm³/mol. The van der Waals surface area contributed by atoms with E-state index in [9.17, 15) is 18.1 Å². The van der Waals surface area contributed by atoms with Gasteiger partial charge in [-0.3, -0.25) is 0 Å². The number of aliphatic hydroxyl groups excluding tert-OH is 1. The maximum Gasteiger partial charge on any atom is 1.00 e. The summed E-state index contributed by atoms with van der Waals surface area (Å²) in [5.74, 6) is 0. The molecule has 0 bridgehead atoms. The number of aliphatic hydroxyl groups is 1. The summed E-state index contributed by atoms with van der Waals surface area (Å²) in [4.78, 5) is 0. The minimum Gasteiger partial charge on any atom is -0.748 e. The first-order chi connectivity index (χ1) is 12.9. The van der Waals surface area contributed by atoms with Gasteiger partial charge in [0, 0.05) is 5.25 Å². The average molecular weight is 445 g/mol. The largest absolute Gasteiger partial charge is 1.00 e. The van der Waals surface area contributed by atoms with Crippen molar-refractivity contribution in [3.63, 3.8) is 0 Å². The summed E-state index contributed by atoms with van der Waals surface area (Å²) in [6.07, 6.45) is 18.0. The second kappa shape index (κ2) is 21.7. The van der Waals surface area contributed by atoms with E-state index < -0.39 is 15.4 Å². The summed E-state index contributed by atoms with van der Waals surface area (Å²) in [6.45, 7) is 4.30. The molecule has 0 saturated heterocycles. The van der Waals surface area contributed by atoms with Crippen LogP contribution in [0, 0.1) is 0 Å².